The largest absolute Gasteiger partial charge is 0.496 e. The maximum Gasteiger partial charge on any atom is 0.249 e. The molecule has 0 aromatic heterocycles. The molecule has 1 aromatic carbocycles. The van der Waals surface area contributed by atoms with Gasteiger partial charge in [0.15, 0.2) is 6.29 Å². The highest BCUT2D eigenvalue weighted by atomic mass is 16.5. The van der Waals surface area contributed by atoms with Gasteiger partial charge in [-0.05, 0) is 24.6 Å². The molecular formula is C10H11NO3. The second-order valence-electron chi connectivity index (χ2n) is 2.89. The van der Waals surface area contributed by atoms with Crippen molar-refractivity contribution >= 4 is 12.2 Å². The molecule has 0 saturated carbocycles. The second kappa shape index (κ2) is 3.91. The van der Waals surface area contributed by atoms with Crippen LogP contribution in [0.2, 0.25) is 0 Å². The molecule has 0 aliphatic rings. The minimum atomic E-state index is -0.529. The van der Waals surface area contributed by atoms with Gasteiger partial charge >= 0.3 is 0 Å². The Hall–Kier alpha value is -1.84. The maximum absolute atomic E-state index is 11.0. The van der Waals surface area contributed by atoms with E-state index in [9.17, 15) is 9.59 Å². The number of aldehydes is 1. The summed E-state index contributed by atoms with van der Waals surface area (Å²) in [6, 6.07) is 3.05. The van der Waals surface area contributed by atoms with Crippen molar-refractivity contribution in [1.82, 2.24) is 0 Å². The number of aryl methyl sites for hydroxylation is 1. The molecule has 2 N–H and O–H groups in total. The van der Waals surface area contributed by atoms with Gasteiger partial charge < -0.3 is 10.5 Å². The first-order valence-corrected chi connectivity index (χ1v) is 4.03. The second-order valence-corrected chi connectivity index (χ2v) is 2.89. The van der Waals surface area contributed by atoms with Crippen molar-refractivity contribution < 1.29 is 14.3 Å². The summed E-state index contributed by atoms with van der Waals surface area (Å²) in [5.74, 6) is -0.169. The zero-order chi connectivity index (χ0) is 10.7. The van der Waals surface area contributed by atoms with Crippen LogP contribution in [-0.4, -0.2) is 19.3 Å². The SMILES string of the molecule is COc1cc(C(N)=O)c(C)cc1C=O. The van der Waals surface area contributed by atoms with E-state index in [0.29, 0.717) is 28.7 Å². The van der Waals surface area contributed by atoms with Crippen LogP contribution in [0, 0.1) is 6.92 Å². The first kappa shape index (κ1) is 10.2. The molecule has 0 bridgehead atoms. The average molecular weight is 193 g/mol. The highest BCUT2D eigenvalue weighted by Crippen LogP contribution is 2.21. The number of carbonyl (C=O) groups is 2. The molecule has 1 amide bonds. The van der Waals surface area contributed by atoms with Crippen LogP contribution >= 0.6 is 0 Å². The van der Waals surface area contributed by atoms with Crippen LogP contribution in [0.25, 0.3) is 0 Å². The molecule has 14 heavy (non-hydrogen) atoms. The Morgan fingerprint density at radius 3 is 2.57 bits per heavy atom. The molecular weight excluding hydrogens is 182 g/mol. The fraction of sp³-hybridized carbons (Fsp3) is 0.200. The van der Waals surface area contributed by atoms with Crippen molar-refractivity contribution in [2.45, 2.75) is 6.92 Å². The van der Waals surface area contributed by atoms with E-state index in [1.807, 2.05) is 0 Å². The van der Waals surface area contributed by atoms with Gasteiger partial charge in [0, 0.05) is 5.56 Å². The van der Waals surface area contributed by atoms with Crippen molar-refractivity contribution in [3.8, 4) is 5.75 Å². The Bertz CT molecular complexity index is 385. The normalized spacial score (nSPS) is 9.57. The topological polar surface area (TPSA) is 69.4 Å². The zero-order valence-electron chi connectivity index (χ0n) is 8.03. The standard InChI is InChI=1S/C10H11NO3/c1-6-3-7(5-12)9(14-2)4-8(6)10(11)13/h3-5H,1-2H3,(H2,11,13). The van der Waals surface area contributed by atoms with Gasteiger partial charge in [-0.3, -0.25) is 9.59 Å². The van der Waals surface area contributed by atoms with Crippen LogP contribution in [0.15, 0.2) is 12.1 Å². The Labute approximate surface area is 81.7 Å². The number of hydrogen-bond acceptors (Lipinski definition) is 3. The zero-order valence-corrected chi connectivity index (χ0v) is 8.03. The fourth-order valence-electron chi connectivity index (χ4n) is 1.24. The molecule has 0 spiro atoms. The number of benzene rings is 1. The number of methoxy groups -OCH3 is 1. The van der Waals surface area contributed by atoms with E-state index in [4.69, 9.17) is 10.5 Å². The maximum atomic E-state index is 11.0. The van der Waals surface area contributed by atoms with E-state index >= 15 is 0 Å². The number of carbonyl (C=O) groups excluding carboxylic acids is 2. The van der Waals surface area contributed by atoms with Crippen molar-refractivity contribution in [3.05, 3.63) is 28.8 Å². The Balaban J connectivity index is 3.37. The summed E-state index contributed by atoms with van der Waals surface area (Å²) in [4.78, 5) is 21.6. The first-order valence-electron chi connectivity index (χ1n) is 4.03. The molecule has 0 atom stereocenters. The lowest BCUT2D eigenvalue weighted by atomic mass is 10.0. The molecule has 0 unspecified atom stereocenters. The van der Waals surface area contributed by atoms with Gasteiger partial charge in [-0.15, -0.1) is 0 Å². The quantitative estimate of drug-likeness (QED) is 0.725. The number of amides is 1. The number of hydrogen-bond donors (Lipinski definition) is 1. The van der Waals surface area contributed by atoms with E-state index in [1.54, 1.807) is 13.0 Å². The summed E-state index contributed by atoms with van der Waals surface area (Å²) in [6.07, 6.45) is 0.677. The lowest BCUT2D eigenvalue weighted by molar-refractivity contribution is 0.0998. The monoisotopic (exact) mass is 193 g/mol. The lowest BCUT2D eigenvalue weighted by Crippen LogP contribution is -2.13. The molecule has 0 radical (unpaired) electrons. The molecule has 0 aliphatic carbocycles. The molecule has 4 heteroatoms. The fourth-order valence-corrected chi connectivity index (χ4v) is 1.24. The van der Waals surface area contributed by atoms with Crippen LogP contribution < -0.4 is 10.5 Å². The Kier molecular flexibility index (Phi) is 2.86. The predicted octanol–water partition coefficient (Wildman–Crippen LogP) is 0.915. The van der Waals surface area contributed by atoms with Gasteiger partial charge in [0.1, 0.15) is 5.75 Å². The molecule has 0 saturated heterocycles. The Morgan fingerprint density at radius 1 is 1.50 bits per heavy atom. The van der Waals surface area contributed by atoms with Gasteiger partial charge in [-0.2, -0.15) is 0 Å². The summed E-state index contributed by atoms with van der Waals surface area (Å²) in [6.45, 7) is 1.71. The summed E-state index contributed by atoms with van der Waals surface area (Å²) in [5.41, 5.74) is 6.59. The highest BCUT2D eigenvalue weighted by Gasteiger charge is 2.10. The molecule has 1 rings (SSSR count). The van der Waals surface area contributed by atoms with Gasteiger partial charge in [0.2, 0.25) is 5.91 Å². The minimum Gasteiger partial charge on any atom is -0.496 e. The van der Waals surface area contributed by atoms with Crippen LogP contribution in [0.5, 0.6) is 5.75 Å². The van der Waals surface area contributed by atoms with Crippen LogP contribution in [0.4, 0.5) is 0 Å². The highest BCUT2D eigenvalue weighted by molar-refractivity contribution is 5.96. The smallest absolute Gasteiger partial charge is 0.249 e. The van der Waals surface area contributed by atoms with Crippen molar-refractivity contribution in [2.24, 2.45) is 5.73 Å². The Morgan fingerprint density at radius 2 is 2.14 bits per heavy atom. The van der Waals surface area contributed by atoms with E-state index in [0.717, 1.165) is 0 Å². The molecule has 74 valence electrons. The van der Waals surface area contributed by atoms with Crippen molar-refractivity contribution in [2.75, 3.05) is 7.11 Å². The summed E-state index contributed by atoms with van der Waals surface area (Å²) in [7, 11) is 1.43. The van der Waals surface area contributed by atoms with Crippen molar-refractivity contribution in [3.63, 3.8) is 0 Å². The molecule has 4 nitrogen and oxygen atoms in total. The lowest BCUT2D eigenvalue weighted by Gasteiger charge is -2.07. The van der Waals surface area contributed by atoms with Crippen LogP contribution in [-0.2, 0) is 0 Å². The summed E-state index contributed by atoms with van der Waals surface area (Å²) >= 11 is 0. The van der Waals surface area contributed by atoms with Crippen LogP contribution in [0.1, 0.15) is 26.3 Å². The van der Waals surface area contributed by atoms with Gasteiger partial charge in [-0.1, -0.05) is 0 Å². The average Bonchev–Trinajstić information content (AvgIpc) is 2.16. The molecule has 0 fully saturated rings. The number of rotatable bonds is 3. The minimum absolute atomic E-state index is 0.361. The number of ether oxygens (including phenoxy) is 1. The third-order valence-electron chi connectivity index (χ3n) is 1.97. The predicted molar refractivity (Wildman–Crippen MR) is 51.6 cm³/mol. The summed E-state index contributed by atoms with van der Waals surface area (Å²) in [5, 5.41) is 0. The van der Waals surface area contributed by atoms with E-state index in [-0.39, 0.29) is 0 Å². The number of primary amides is 1. The van der Waals surface area contributed by atoms with Crippen LogP contribution in [0.3, 0.4) is 0 Å². The van der Waals surface area contributed by atoms with E-state index in [1.165, 1.54) is 13.2 Å². The summed E-state index contributed by atoms with van der Waals surface area (Å²) < 4.78 is 4.94. The third-order valence-corrected chi connectivity index (χ3v) is 1.97. The molecule has 0 heterocycles. The van der Waals surface area contributed by atoms with Gasteiger partial charge in [-0.25, -0.2) is 0 Å². The molecule has 1 aromatic rings. The van der Waals surface area contributed by atoms with E-state index in [2.05, 4.69) is 0 Å². The van der Waals surface area contributed by atoms with E-state index < -0.39 is 5.91 Å². The first-order chi connectivity index (χ1) is 6.60. The van der Waals surface area contributed by atoms with Gasteiger partial charge in [0.05, 0.1) is 12.7 Å². The van der Waals surface area contributed by atoms with Gasteiger partial charge in [0.25, 0.3) is 0 Å². The third kappa shape index (κ3) is 1.74. The molecule has 0 aliphatic heterocycles. The number of nitrogens with two attached hydrogens (primary N) is 1. The van der Waals surface area contributed by atoms with Crippen molar-refractivity contribution in [1.29, 1.82) is 0 Å².